The van der Waals surface area contributed by atoms with Gasteiger partial charge in [0.25, 0.3) is 11.8 Å². The molecule has 2 atom stereocenters. The van der Waals surface area contributed by atoms with Crippen LogP contribution < -0.4 is 25.6 Å². The average Bonchev–Trinajstić information content (AvgIpc) is 3.14. The number of halogens is 4. The van der Waals surface area contributed by atoms with Gasteiger partial charge in [-0.25, -0.2) is 0 Å². The molecule has 246 valence electrons. The van der Waals surface area contributed by atoms with Gasteiger partial charge in [-0.05, 0) is 55.0 Å². The number of nitrogens with one attached hydrogen (secondary N) is 1. The molecule has 0 aliphatic carbocycles. The molecule has 0 spiro atoms. The Hall–Kier alpha value is -4.94. The molecular formula is C34H32ClF3N4O5. The predicted octanol–water partition coefficient (Wildman–Crippen LogP) is 5.43. The van der Waals surface area contributed by atoms with Crippen LogP contribution in [0.4, 0.5) is 24.5 Å². The van der Waals surface area contributed by atoms with Crippen LogP contribution >= 0.6 is 12.4 Å². The summed E-state index contributed by atoms with van der Waals surface area (Å²) in [5, 5.41) is 3.91. The van der Waals surface area contributed by atoms with E-state index in [0.29, 0.717) is 27.6 Å². The molecule has 0 fully saturated rings. The van der Waals surface area contributed by atoms with Crippen molar-refractivity contribution in [2.24, 2.45) is 5.73 Å². The number of rotatable bonds is 8. The lowest BCUT2D eigenvalue weighted by Crippen LogP contribution is -2.55. The second-order valence-electron chi connectivity index (χ2n) is 11.0. The number of para-hydroxylation sites is 2. The van der Waals surface area contributed by atoms with Crippen LogP contribution in [0.25, 0.3) is 10.8 Å². The highest BCUT2D eigenvalue weighted by atomic mass is 35.5. The van der Waals surface area contributed by atoms with E-state index >= 15 is 0 Å². The Morgan fingerprint density at radius 3 is 2.19 bits per heavy atom. The van der Waals surface area contributed by atoms with Gasteiger partial charge >= 0.3 is 6.18 Å². The van der Waals surface area contributed by atoms with E-state index in [0.717, 1.165) is 0 Å². The van der Waals surface area contributed by atoms with Crippen molar-refractivity contribution in [2.45, 2.75) is 38.7 Å². The largest absolute Gasteiger partial charge is 0.484 e. The molecule has 0 unspecified atom stereocenters. The molecule has 5 rings (SSSR count). The van der Waals surface area contributed by atoms with Gasteiger partial charge in [0.2, 0.25) is 5.91 Å². The van der Waals surface area contributed by atoms with Crippen molar-refractivity contribution < 1.29 is 37.1 Å². The Balaban J connectivity index is 0.00000500. The molecule has 0 radical (unpaired) electrons. The minimum absolute atomic E-state index is 0. The number of alkyl halides is 3. The third kappa shape index (κ3) is 7.72. The monoisotopic (exact) mass is 668 g/mol. The second kappa shape index (κ2) is 14.2. The van der Waals surface area contributed by atoms with Crippen LogP contribution in [0.5, 0.6) is 5.75 Å². The molecule has 4 aromatic rings. The third-order valence-electron chi connectivity index (χ3n) is 7.61. The van der Waals surface area contributed by atoms with E-state index in [1.807, 2.05) is 0 Å². The Morgan fingerprint density at radius 1 is 0.936 bits per heavy atom. The molecule has 3 amide bonds. The highest BCUT2D eigenvalue weighted by Gasteiger charge is 2.38. The number of nitrogens with zero attached hydrogens (tertiary/aromatic N) is 2. The Morgan fingerprint density at radius 2 is 1.55 bits per heavy atom. The first-order valence-corrected chi connectivity index (χ1v) is 14.4. The van der Waals surface area contributed by atoms with Crippen LogP contribution in [0.2, 0.25) is 0 Å². The van der Waals surface area contributed by atoms with Crippen molar-refractivity contribution in [3.63, 3.8) is 0 Å². The zero-order valence-corrected chi connectivity index (χ0v) is 26.2. The number of carbonyl (C=O) groups excluding carboxylic acids is 4. The Labute approximate surface area is 274 Å². The summed E-state index contributed by atoms with van der Waals surface area (Å²) >= 11 is 0. The van der Waals surface area contributed by atoms with E-state index in [4.69, 9.17) is 10.5 Å². The number of carbonyl (C=O) groups is 4. The SMILES string of the molecule is CC(=O)c1ccc(C(=O)N2C[C@H](NC(=O)[C@H](C)N)C(=O)N(Cc3c(OCC(F)(F)F)ccc4ccccc34)c3ccccc32)cc1.Cl. The van der Waals surface area contributed by atoms with Gasteiger partial charge in [0.15, 0.2) is 12.4 Å². The number of anilines is 2. The summed E-state index contributed by atoms with van der Waals surface area (Å²) in [6.45, 7) is 0.794. The number of fused-ring (bicyclic) bond motifs is 2. The maximum atomic E-state index is 14.3. The number of Topliss-reactive ketones (excluding diaryl/α,β-unsaturated/α-hetero) is 1. The molecule has 0 bridgehead atoms. The maximum absolute atomic E-state index is 14.3. The normalized spacial score (nSPS) is 15.3. The molecule has 9 nitrogen and oxygen atoms in total. The highest BCUT2D eigenvalue weighted by Crippen LogP contribution is 2.38. The first-order valence-electron chi connectivity index (χ1n) is 14.4. The van der Waals surface area contributed by atoms with E-state index in [1.54, 1.807) is 54.6 Å². The molecule has 4 aromatic carbocycles. The lowest BCUT2D eigenvalue weighted by atomic mass is 10.0. The zero-order valence-electron chi connectivity index (χ0n) is 25.4. The molecule has 1 aliphatic heterocycles. The van der Waals surface area contributed by atoms with Crippen molar-refractivity contribution >= 4 is 58.1 Å². The Bertz CT molecular complexity index is 1810. The molecule has 47 heavy (non-hydrogen) atoms. The molecule has 0 aromatic heterocycles. The van der Waals surface area contributed by atoms with E-state index < -0.39 is 42.6 Å². The summed E-state index contributed by atoms with van der Waals surface area (Å²) in [4.78, 5) is 55.6. The number of ether oxygens (including phenoxy) is 1. The molecule has 1 heterocycles. The first-order chi connectivity index (χ1) is 21.8. The fourth-order valence-corrected chi connectivity index (χ4v) is 5.29. The minimum atomic E-state index is -4.61. The molecule has 1 aliphatic rings. The number of amides is 3. The Kier molecular flexibility index (Phi) is 10.6. The van der Waals surface area contributed by atoms with Crippen LogP contribution in [0.1, 0.15) is 40.1 Å². The molecule has 0 saturated heterocycles. The van der Waals surface area contributed by atoms with Gasteiger partial charge in [-0.1, -0.05) is 54.6 Å². The topological polar surface area (TPSA) is 122 Å². The summed E-state index contributed by atoms with van der Waals surface area (Å²) in [6, 6.07) is 20.4. The standard InChI is InChI=1S/C34H31F3N4O5.ClH/c1-20(38)31(43)39-27-18-41(32(44)24-13-11-22(12-14-24)21(2)42)29-10-6-5-9-28(29)40(33(27)45)17-26-25-8-4-3-7-23(25)15-16-30(26)46-19-34(35,36)37;/h3-16,20,27H,17-19,38H2,1-2H3,(H,39,43);1H/t20-,27-;/m0./s1. The van der Waals surface area contributed by atoms with E-state index in [2.05, 4.69) is 5.32 Å². The van der Waals surface area contributed by atoms with Crippen molar-refractivity contribution in [2.75, 3.05) is 23.0 Å². The van der Waals surface area contributed by atoms with Crippen LogP contribution in [0, 0.1) is 0 Å². The van der Waals surface area contributed by atoms with Crippen molar-refractivity contribution in [1.29, 1.82) is 0 Å². The van der Waals surface area contributed by atoms with Crippen molar-refractivity contribution in [3.8, 4) is 5.75 Å². The summed E-state index contributed by atoms with van der Waals surface area (Å²) in [6.07, 6.45) is -4.61. The smallest absolute Gasteiger partial charge is 0.422 e. The number of nitrogens with two attached hydrogens (primary N) is 1. The lowest BCUT2D eigenvalue weighted by Gasteiger charge is -2.27. The van der Waals surface area contributed by atoms with Gasteiger partial charge in [0.05, 0.1) is 30.5 Å². The van der Waals surface area contributed by atoms with Crippen LogP contribution in [-0.2, 0) is 16.1 Å². The lowest BCUT2D eigenvalue weighted by molar-refractivity contribution is -0.153. The summed E-state index contributed by atoms with van der Waals surface area (Å²) in [7, 11) is 0. The predicted molar refractivity (Wildman–Crippen MR) is 174 cm³/mol. The van der Waals surface area contributed by atoms with Gasteiger partial charge in [-0.3, -0.25) is 19.2 Å². The number of hydrogen-bond donors (Lipinski definition) is 2. The number of hydrogen-bond acceptors (Lipinski definition) is 6. The zero-order chi connectivity index (χ0) is 33.2. The first kappa shape index (κ1) is 34.9. The maximum Gasteiger partial charge on any atom is 0.422 e. The van der Waals surface area contributed by atoms with E-state index in [1.165, 1.54) is 54.0 Å². The quantitative estimate of drug-likeness (QED) is 0.242. The highest BCUT2D eigenvalue weighted by molar-refractivity contribution is 6.13. The fourth-order valence-electron chi connectivity index (χ4n) is 5.29. The number of benzene rings is 4. The summed E-state index contributed by atoms with van der Waals surface area (Å²) in [5.41, 5.74) is 7.36. The van der Waals surface area contributed by atoms with Gasteiger partial charge in [-0.15, -0.1) is 12.4 Å². The van der Waals surface area contributed by atoms with Crippen LogP contribution in [0.3, 0.4) is 0 Å². The van der Waals surface area contributed by atoms with Gasteiger partial charge in [0, 0.05) is 16.7 Å². The summed E-state index contributed by atoms with van der Waals surface area (Å²) in [5.74, 6) is -2.00. The average molecular weight is 669 g/mol. The molecule has 3 N–H and O–H groups in total. The molecule has 13 heteroatoms. The van der Waals surface area contributed by atoms with Crippen LogP contribution in [0.15, 0.2) is 84.9 Å². The van der Waals surface area contributed by atoms with E-state index in [-0.39, 0.29) is 48.3 Å². The fraction of sp³-hybridized carbons (Fsp3) is 0.235. The van der Waals surface area contributed by atoms with Crippen molar-refractivity contribution in [3.05, 3.63) is 102 Å². The van der Waals surface area contributed by atoms with Crippen LogP contribution in [-0.4, -0.2) is 54.9 Å². The molecular weight excluding hydrogens is 637 g/mol. The van der Waals surface area contributed by atoms with Gasteiger partial charge < -0.3 is 25.6 Å². The van der Waals surface area contributed by atoms with Gasteiger partial charge in [-0.2, -0.15) is 13.2 Å². The minimum Gasteiger partial charge on any atom is -0.484 e. The molecule has 0 saturated carbocycles. The van der Waals surface area contributed by atoms with Gasteiger partial charge in [0.1, 0.15) is 11.8 Å². The second-order valence-corrected chi connectivity index (χ2v) is 11.0. The summed E-state index contributed by atoms with van der Waals surface area (Å²) < 4.78 is 44.9. The van der Waals surface area contributed by atoms with Crippen molar-refractivity contribution in [1.82, 2.24) is 5.32 Å². The third-order valence-corrected chi connectivity index (χ3v) is 7.61. The van der Waals surface area contributed by atoms with E-state index in [9.17, 15) is 32.3 Å². The number of ketones is 1.